The highest BCUT2D eigenvalue weighted by atomic mass is 16.7. The summed E-state index contributed by atoms with van der Waals surface area (Å²) in [6, 6.07) is 8.93. The molecule has 3 rings (SSSR count). The monoisotopic (exact) mass is 261 g/mol. The fourth-order valence-electron chi connectivity index (χ4n) is 2.99. The van der Waals surface area contributed by atoms with Crippen molar-refractivity contribution in [3.05, 3.63) is 35.4 Å². The molecule has 3 heteroatoms. The molecule has 1 N–H and O–H groups in total. The molecule has 0 aliphatic carbocycles. The van der Waals surface area contributed by atoms with Crippen LogP contribution in [0.3, 0.4) is 0 Å². The normalized spacial score (nSPS) is 27.6. The van der Waals surface area contributed by atoms with Gasteiger partial charge in [0.15, 0.2) is 5.79 Å². The van der Waals surface area contributed by atoms with Crippen LogP contribution >= 0.6 is 0 Å². The first kappa shape index (κ1) is 13.1. The Morgan fingerprint density at radius 1 is 1.05 bits per heavy atom. The van der Waals surface area contributed by atoms with Crippen LogP contribution in [0.4, 0.5) is 0 Å². The number of nitrogens with one attached hydrogen (secondary N) is 1. The standard InChI is InChI=1S/C16H23NO2/c1-16(2)18-11-15(19-16)14-5-3-12(4-6-14)13-7-9-17-10-8-13/h3-6,13,15,17H,7-11H2,1-2H3. The van der Waals surface area contributed by atoms with Crippen LogP contribution in [0, 0.1) is 0 Å². The summed E-state index contributed by atoms with van der Waals surface area (Å²) in [5.41, 5.74) is 2.69. The summed E-state index contributed by atoms with van der Waals surface area (Å²) >= 11 is 0. The first-order chi connectivity index (χ1) is 9.14. The second kappa shape index (κ2) is 5.23. The third-order valence-corrected chi connectivity index (χ3v) is 4.13. The molecule has 1 unspecified atom stereocenters. The van der Waals surface area contributed by atoms with E-state index in [2.05, 4.69) is 29.6 Å². The van der Waals surface area contributed by atoms with Crippen molar-refractivity contribution in [3.8, 4) is 0 Å². The van der Waals surface area contributed by atoms with E-state index in [1.54, 1.807) is 0 Å². The Morgan fingerprint density at radius 3 is 2.26 bits per heavy atom. The third-order valence-electron chi connectivity index (χ3n) is 4.13. The molecule has 2 aliphatic heterocycles. The smallest absolute Gasteiger partial charge is 0.163 e. The molecule has 1 atom stereocenters. The van der Waals surface area contributed by atoms with Crippen molar-refractivity contribution < 1.29 is 9.47 Å². The highest BCUT2D eigenvalue weighted by Gasteiger charge is 2.33. The van der Waals surface area contributed by atoms with E-state index < -0.39 is 5.79 Å². The van der Waals surface area contributed by atoms with Crippen molar-refractivity contribution >= 4 is 0 Å². The molecule has 0 amide bonds. The minimum absolute atomic E-state index is 0.0806. The second-order valence-corrected chi connectivity index (χ2v) is 6.01. The fraction of sp³-hybridized carbons (Fsp3) is 0.625. The van der Waals surface area contributed by atoms with Gasteiger partial charge in [0.1, 0.15) is 6.10 Å². The zero-order chi connectivity index (χ0) is 13.3. The van der Waals surface area contributed by atoms with Crippen molar-refractivity contribution in [2.45, 2.75) is 44.5 Å². The van der Waals surface area contributed by atoms with Gasteiger partial charge in [-0.1, -0.05) is 24.3 Å². The first-order valence-electron chi connectivity index (χ1n) is 7.26. The van der Waals surface area contributed by atoms with Crippen LogP contribution in [0.5, 0.6) is 0 Å². The van der Waals surface area contributed by atoms with Crippen molar-refractivity contribution in [2.75, 3.05) is 19.7 Å². The Kier molecular flexibility index (Phi) is 3.61. The van der Waals surface area contributed by atoms with E-state index in [0.29, 0.717) is 12.5 Å². The zero-order valence-corrected chi connectivity index (χ0v) is 11.8. The number of hydrogen-bond acceptors (Lipinski definition) is 3. The van der Waals surface area contributed by atoms with E-state index in [1.165, 1.54) is 24.0 Å². The van der Waals surface area contributed by atoms with E-state index in [4.69, 9.17) is 9.47 Å². The highest BCUT2D eigenvalue weighted by molar-refractivity contribution is 5.27. The zero-order valence-electron chi connectivity index (χ0n) is 11.8. The molecule has 0 spiro atoms. The summed E-state index contributed by atoms with van der Waals surface area (Å²) in [5.74, 6) is 0.269. The first-order valence-corrected chi connectivity index (χ1v) is 7.26. The van der Waals surface area contributed by atoms with Gasteiger partial charge in [0, 0.05) is 0 Å². The van der Waals surface area contributed by atoms with Crippen LogP contribution in [0.2, 0.25) is 0 Å². The Balaban J connectivity index is 1.69. The molecule has 19 heavy (non-hydrogen) atoms. The number of hydrogen-bond donors (Lipinski definition) is 1. The predicted octanol–water partition coefficient (Wildman–Crippen LogP) is 2.98. The minimum atomic E-state index is -0.446. The lowest BCUT2D eigenvalue weighted by atomic mass is 9.89. The average molecular weight is 261 g/mol. The summed E-state index contributed by atoms with van der Waals surface area (Å²) in [5, 5.41) is 3.41. The molecule has 0 radical (unpaired) electrons. The van der Waals surface area contributed by atoms with Gasteiger partial charge in [0.05, 0.1) is 6.61 Å². The lowest BCUT2D eigenvalue weighted by molar-refractivity contribution is -0.139. The van der Waals surface area contributed by atoms with E-state index in [0.717, 1.165) is 13.1 Å². The van der Waals surface area contributed by atoms with Crippen LogP contribution in [-0.4, -0.2) is 25.5 Å². The van der Waals surface area contributed by atoms with Gasteiger partial charge in [-0.15, -0.1) is 0 Å². The summed E-state index contributed by atoms with van der Waals surface area (Å²) in [6.45, 7) is 6.87. The fourth-order valence-corrected chi connectivity index (χ4v) is 2.99. The van der Waals surface area contributed by atoms with Crippen LogP contribution in [-0.2, 0) is 9.47 Å². The minimum Gasteiger partial charge on any atom is -0.347 e. The molecule has 2 heterocycles. The maximum absolute atomic E-state index is 5.89. The van der Waals surface area contributed by atoms with Gasteiger partial charge < -0.3 is 14.8 Å². The van der Waals surface area contributed by atoms with Crippen molar-refractivity contribution in [1.82, 2.24) is 5.32 Å². The summed E-state index contributed by atoms with van der Waals surface area (Å²) in [7, 11) is 0. The quantitative estimate of drug-likeness (QED) is 0.888. The Labute approximate surface area is 115 Å². The van der Waals surface area contributed by atoms with E-state index in [9.17, 15) is 0 Å². The molecule has 1 aromatic carbocycles. The molecular weight excluding hydrogens is 238 g/mol. The lowest BCUT2D eigenvalue weighted by Gasteiger charge is -2.23. The number of ether oxygens (including phenoxy) is 2. The van der Waals surface area contributed by atoms with Gasteiger partial charge in [0.25, 0.3) is 0 Å². The number of rotatable bonds is 2. The van der Waals surface area contributed by atoms with Crippen LogP contribution in [0.15, 0.2) is 24.3 Å². The Hall–Kier alpha value is -0.900. The summed E-state index contributed by atoms with van der Waals surface area (Å²) in [4.78, 5) is 0. The second-order valence-electron chi connectivity index (χ2n) is 6.01. The molecule has 2 aliphatic rings. The molecule has 0 saturated carbocycles. The molecule has 2 saturated heterocycles. The van der Waals surface area contributed by atoms with E-state index in [1.807, 2.05) is 13.8 Å². The SMILES string of the molecule is CC1(C)OCC(c2ccc(C3CCNCC3)cc2)O1. The summed E-state index contributed by atoms with van der Waals surface area (Å²) < 4.78 is 11.5. The maximum Gasteiger partial charge on any atom is 0.163 e. The molecule has 2 fully saturated rings. The maximum atomic E-state index is 5.89. The third kappa shape index (κ3) is 2.99. The van der Waals surface area contributed by atoms with E-state index >= 15 is 0 Å². The molecule has 104 valence electrons. The number of piperidine rings is 1. The largest absolute Gasteiger partial charge is 0.347 e. The van der Waals surface area contributed by atoms with Gasteiger partial charge in [-0.2, -0.15) is 0 Å². The van der Waals surface area contributed by atoms with Crippen LogP contribution < -0.4 is 5.32 Å². The van der Waals surface area contributed by atoms with Crippen molar-refractivity contribution in [2.24, 2.45) is 0 Å². The van der Waals surface area contributed by atoms with Crippen molar-refractivity contribution in [3.63, 3.8) is 0 Å². The van der Waals surface area contributed by atoms with Gasteiger partial charge >= 0.3 is 0 Å². The van der Waals surface area contributed by atoms with Crippen LogP contribution in [0.1, 0.15) is 49.8 Å². The topological polar surface area (TPSA) is 30.5 Å². The summed E-state index contributed by atoms with van der Waals surface area (Å²) in [6.07, 6.45) is 2.57. The van der Waals surface area contributed by atoms with Gasteiger partial charge in [-0.3, -0.25) is 0 Å². The molecule has 1 aromatic rings. The van der Waals surface area contributed by atoms with Gasteiger partial charge in [-0.05, 0) is 56.8 Å². The molecular formula is C16H23NO2. The molecule has 0 bridgehead atoms. The highest BCUT2D eigenvalue weighted by Crippen LogP contribution is 2.34. The molecule has 0 aromatic heterocycles. The van der Waals surface area contributed by atoms with Crippen LogP contribution in [0.25, 0.3) is 0 Å². The predicted molar refractivity (Wildman–Crippen MR) is 75.1 cm³/mol. The van der Waals surface area contributed by atoms with Crippen molar-refractivity contribution in [1.29, 1.82) is 0 Å². The van der Waals surface area contributed by atoms with E-state index in [-0.39, 0.29) is 6.10 Å². The number of benzene rings is 1. The van der Waals surface area contributed by atoms with Gasteiger partial charge in [0.2, 0.25) is 0 Å². The lowest BCUT2D eigenvalue weighted by Crippen LogP contribution is -2.26. The molecule has 3 nitrogen and oxygen atoms in total. The average Bonchev–Trinajstić information content (AvgIpc) is 2.80. The Bertz CT molecular complexity index is 421. The Morgan fingerprint density at radius 2 is 1.68 bits per heavy atom. The van der Waals surface area contributed by atoms with Gasteiger partial charge in [-0.25, -0.2) is 0 Å².